The number of nitrogens with one attached hydrogen (secondary N) is 1. The number of carbonyl (C=O) groups excluding carboxylic acids is 1. The molecule has 0 unspecified atom stereocenters. The van der Waals surface area contributed by atoms with E-state index in [0.717, 1.165) is 5.69 Å². The van der Waals surface area contributed by atoms with Gasteiger partial charge >= 0.3 is 6.09 Å². The number of benzene rings is 1. The first-order valence-electron chi connectivity index (χ1n) is 6.26. The standard InChI is InChI=1S/C14H17N3O2/c1-19-13(18)17-9-7-14(11-15,8-10-17)16-12-5-3-2-4-6-12/h2-6,16H,7-10H2,1H3. The summed E-state index contributed by atoms with van der Waals surface area (Å²) in [6.45, 7) is 1.06. The van der Waals surface area contributed by atoms with Crippen LogP contribution in [0.15, 0.2) is 30.3 Å². The van der Waals surface area contributed by atoms with Gasteiger partial charge in [0.1, 0.15) is 5.54 Å². The van der Waals surface area contributed by atoms with Gasteiger partial charge in [-0.1, -0.05) is 18.2 Å². The first kappa shape index (κ1) is 13.2. The molecular formula is C14H17N3O2. The van der Waals surface area contributed by atoms with Crippen molar-refractivity contribution in [2.45, 2.75) is 18.4 Å². The molecule has 1 aromatic rings. The molecule has 1 aliphatic heterocycles. The lowest BCUT2D eigenvalue weighted by atomic mass is 9.89. The van der Waals surface area contributed by atoms with Gasteiger partial charge in [0.2, 0.25) is 0 Å². The number of amides is 1. The van der Waals surface area contributed by atoms with E-state index in [2.05, 4.69) is 11.4 Å². The first-order chi connectivity index (χ1) is 9.19. The molecule has 2 rings (SSSR count). The lowest BCUT2D eigenvalue weighted by molar-refractivity contribution is 0.109. The van der Waals surface area contributed by atoms with Crippen molar-refractivity contribution in [2.75, 3.05) is 25.5 Å². The number of nitriles is 1. The van der Waals surface area contributed by atoms with E-state index in [4.69, 9.17) is 4.74 Å². The van der Waals surface area contributed by atoms with E-state index in [1.165, 1.54) is 7.11 Å². The molecule has 1 aromatic carbocycles. The van der Waals surface area contributed by atoms with Crippen molar-refractivity contribution in [3.05, 3.63) is 30.3 Å². The SMILES string of the molecule is COC(=O)N1CCC(C#N)(Nc2ccccc2)CC1. The van der Waals surface area contributed by atoms with E-state index >= 15 is 0 Å². The number of nitrogens with zero attached hydrogens (tertiary/aromatic N) is 2. The van der Waals surface area contributed by atoms with Crippen LogP contribution in [0.3, 0.4) is 0 Å². The number of hydrogen-bond donors (Lipinski definition) is 1. The van der Waals surface area contributed by atoms with Crippen molar-refractivity contribution in [1.29, 1.82) is 5.26 Å². The van der Waals surface area contributed by atoms with Gasteiger partial charge in [-0.15, -0.1) is 0 Å². The molecule has 0 radical (unpaired) electrons. The molecule has 1 aliphatic rings. The van der Waals surface area contributed by atoms with E-state index in [1.54, 1.807) is 4.90 Å². The van der Waals surface area contributed by atoms with Crippen LogP contribution in [0.2, 0.25) is 0 Å². The molecule has 1 amide bonds. The van der Waals surface area contributed by atoms with Gasteiger partial charge in [-0.05, 0) is 12.1 Å². The molecule has 100 valence electrons. The van der Waals surface area contributed by atoms with Crippen LogP contribution in [0.5, 0.6) is 0 Å². The maximum absolute atomic E-state index is 11.4. The monoisotopic (exact) mass is 259 g/mol. The number of piperidine rings is 1. The van der Waals surface area contributed by atoms with E-state index in [-0.39, 0.29) is 6.09 Å². The normalized spacial score (nSPS) is 17.4. The lowest BCUT2D eigenvalue weighted by Gasteiger charge is -2.37. The van der Waals surface area contributed by atoms with E-state index in [9.17, 15) is 10.1 Å². The average molecular weight is 259 g/mol. The maximum Gasteiger partial charge on any atom is 0.409 e. The second-order valence-corrected chi connectivity index (χ2v) is 4.64. The summed E-state index contributed by atoms with van der Waals surface area (Å²) in [6, 6.07) is 12.0. The highest BCUT2D eigenvalue weighted by molar-refractivity contribution is 5.67. The Bertz CT molecular complexity index is 473. The number of hydrogen-bond acceptors (Lipinski definition) is 4. The van der Waals surface area contributed by atoms with Crippen molar-refractivity contribution < 1.29 is 9.53 Å². The van der Waals surface area contributed by atoms with Gasteiger partial charge in [-0.25, -0.2) is 4.79 Å². The molecule has 0 bridgehead atoms. The average Bonchev–Trinajstić information content (AvgIpc) is 2.48. The van der Waals surface area contributed by atoms with Crippen LogP contribution in [0, 0.1) is 11.3 Å². The molecule has 0 spiro atoms. The fourth-order valence-electron chi connectivity index (χ4n) is 2.26. The van der Waals surface area contributed by atoms with Gasteiger partial charge in [0.05, 0.1) is 13.2 Å². The fourth-order valence-corrected chi connectivity index (χ4v) is 2.26. The zero-order valence-electron chi connectivity index (χ0n) is 10.9. The first-order valence-corrected chi connectivity index (χ1v) is 6.26. The molecule has 1 fully saturated rings. The second-order valence-electron chi connectivity index (χ2n) is 4.64. The second kappa shape index (κ2) is 5.61. The Morgan fingerprint density at radius 3 is 2.53 bits per heavy atom. The molecule has 1 saturated heterocycles. The summed E-state index contributed by atoms with van der Waals surface area (Å²) in [6.07, 6.45) is 0.854. The minimum Gasteiger partial charge on any atom is -0.453 e. The zero-order chi connectivity index (χ0) is 13.7. The van der Waals surface area contributed by atoms with E-state index in [0.29, 0.717) is 25.9 Å². The summed E-state index contributed by atoms with van der Waals surface area (Å²) in [5, 5.41) is 12.7. The number of ether oxygens (including phenoxy) is 1. The molecular weight excluding hydrogens is 242 g/mol. The minimum absolute atomic E-state index is 0.328. The van der Waals surface area contributed by atoms with Crippen LogP contribution >= 0.6 is 0 Å². The van der Waals surface area contributed by atoms with E-state index < -0.39 is 5.54 Å². The van der Waals surface area contributed by atoms with Gasteiger partial charge < -0.3 is 15.0 Å². The summed E-state index contributed by atoms with van der Waals surface area (Å²) in [7, 11) is 1.37. The van der Waals surface area contributed by atoms with Crippen molar-refractivity contribution in [3.8, 4) is 6.07 Å². The summed E-state index contributed by atoms with van der Waals surface area (Å²) in [5.41, 5.74) is 0.321. The molecule has 0 saturated carbocycles. The lowest BCUT2D eigenvalue weighted by Crippen LogP contribution is -2.50. The van der Waals surface area contributed by atoms with Crippen LogP contribution in [0.4, 0.5) is 10.5 Å². The largest absolute Gasteiger partial charge is 0.453 e. The van der Waals surface area contributed by atoms with Gasteiger partial charge in [0.25, 0.3) is 0 Å². The van der Waals surface area contributed by atoms with Gasteiger partial charge in [0, 0.05) is 31.6 Å². The summed E-state index contributed by atoms with van der Waals surface area (Å²) < 4.78 is 4.69. The topological polar surface area (TPSA) is 65.4 Å². The van der Waals surface area contributed by atoms with Gasteiger partial charge in [-0.2, -0.15) is 5.26 Å². The molecule has 1 heterocycles. The predicted octanol–water partition coefficient (Wildman–Crippen LogP) is 2.22. The number of para-hydroxylation sites is 1. The summed E-state index contributed by atoms with van der Waals surface area (Å²) >= 11 is 0. The highest BCUT2D eigenvalue weighted by Crippen LogP contribution is 2.26. The van der Waals surface area contributed by atoms with Crippen LogP contribution in [-0.2, 0) is 4.74 Å². The molecule has 5 nitrogen and oxygen atoms in total. The Morgan fingerprint density at radius 1 is 1.37 bits per heavy atom. The third-order valence-corrected chi connectivity index (χ3v) is 3.42. The van der Waals surface area contributed by atoms with Crippen LogP contribution in [0.25, 0.3) is 0 Å². The Balaban J connectivity index is 2.03. The third-order valence-electron chi connectivity index (χ3n) is 3.42. The van der Waals surface area contributed by atoms with Crippen LogP contribution < -0.4 is 5.32 Å². The fraction of sp³-hybridized carbons (Fsp3) is 0.429. The third kappa shape index (κ3) is 2.97. The number of carbonyl (C=O) groups is 1. The maximum atomic E-state index is 11.4. The smallest absolute Gasteiger partial charge is 0.409 e. The molecule has 5 heteroatoms. The van der Waals surface area contributed by atoms with Gasteiger partial charge in [0.15, 0.2) is 0 Å². The Hall–Kier alpha value is -2.22. The minimum atomic E-state index is -0.605. The molecule has 19 heavy (non-hydrogen) atoms. The number of anilines is 1. The van der Waals surface area contributed by atoms with Crippen LogP contribution in [-0.4, -0.2) is 36.7 Å². The Kier molecular flexibility index (Phi) is 3.91. The zero-order valence-corrected chi connectivity index (χ0v) is 10.9. The predicted molar refractivity (Wildman–Crippen MR) is 71.6 cm³/mol. The van der Waals surface area contributed by atoms with Gasteiger partial charge in [-0.3, -0.25) is 0 Å². The Morgan fingerprint density at radius 2 is 2.00 bits per heavy atom. The molecule has 0 aliphatic carbocycles. The molecule has 0 atom stereocenters. The van der Waals surface area contributed by atoms with Crippen molar-refractivity contribution in [2.24, 2.45) is 0 Å². The van der Waals surface area contributed by atoms with Crippen molar-refractivity contribution >= 4 is 11.8 Å². The highest BCUT2D eigenvalue weighted by atomic mass is 16.5. The quantitative estimate of drug-likeness (QED) is 0.884. The highest BCUT2D eigenvalue weighted by Gasteiger charge is 2.36. The summed E-state index contributed by atoms with van der Waals surface area (Å²) in [4.78, 5) is 13.1. The number of rotatable bonds is 2. The van der Waals surface area contributed by atoms with Crippen molar-refractivity contribution in [3.63, 3.8) is 0 Å². The van der Waals surface area contributed by atoms with Crippen LogP contribution in [0.1, 0.15) is 12.8 Å². The molecule has 1 N–H and O–H groups in total. The van der Waals surface area contributed by atoms with Crippen molar-refractivity contribution in [1.82, 2.24) is 4.90 Å². The number of methoxy groups -OCH3 is 1. The Labute approximate surface area is 112 Å². The number of likely N-dealkylation sites (tertiary alicyclic amines) is 1. The van der Waals surface area contributed by atoms with E-state index in [1.807, 2.05) is 30.3 Å². The molecule has 0 aromatic heterocycles. The summed E-state index contributed by atoms with van der Waals surface area (Å²) in [5.74, 6) is 0.